The van der Waals surface area contributed by atoms with Crippen LogP contribution in [0.5, 0.6) is 0 Å². The maximum absolute atomic E-state index is 13.3. The number of benzene rings is 1. The van der Waals surface area contributed by atoms with E-state index < -0.39 is 17.7 Å². The summed E-state index contributed by atoms with van der Waals surface area (Å²) in [4.78, 5) is 26.0. The van der Waals surface area contributed by atoms with Crippen molar-refractivity contribution in [3.8, 4) is 0 Å². The van der Waals surface area contributed by atoms with Crippen LogP contribution in [0, 0.1) is 0 Å². The lowest BCUT2D eigenvalue weighted by Gasteiger charge is -2.34. The molecule has 3 heterocycles. The van der Waals surface area contributed by atoms with Gasteiger partial charge in [-0.25, -0.2) is 4.98 Å². The molecule has 6 rings (SSSR count). The van der Waals surface area contributed by atoms with Gasteiger partial charge in [0.1, 0.15) is 5.82 Å². The van der Waals surface area contributed by atoms with Crippen molar-refractivity contribution in [3.63, 3.8) is 0 Å². The lowest BCUT2D eigenvalue weighted by molar-refractivity contribution is -0.115. The van der Waals surface area contributed by atoms with Crippen LogP contribution in [0.4, 0.5) is 36.6 Å². The molecule has 0 atom stereocenters. The highest BCUT2D eigenvalue weighted by Gasteiger charge is 2.37. The fourth-order valence-corrected chi connectivity index (χ4v) is 4.89. The summed E-state index contributed by atoms with van der Waals surface area (Å²) < 4.78 is 45.6. The normalized spacial score (nSPS) is 18.1. The first-order valence-corrected chi connectivity index (χ1v) is 13.6. The Morgan fingerprint density at radius 3 is 2.56 bits per heavy atom. The number of hydrogen-bond donors (Lipinski definition) is 2. The minimum atomic E-state index is -4.52. The van der Waals surface area contributed by atoms with Crippen molar-refractivity contribution in [1.82, 2.24) is 25.1 Å². The van der Waals surface area contributed by atoms with Crippen LogP contribution in [0.1, 0.15) is 43.1 Å². The van der Waals surface area contributed by atoms with E-state index in [0.717, 1.165) is 44.6 Å². The van der Waals surface area contributed by atoms with Gasteiger partial charge in [-0.1, -0.05) is 29.4 Å². The van der Waals surface area contributed by atoms with Crippen molar-refractivity contribution in [2.75, 3.05) is 41.7 Å². The van der Waals surface area contributed by atoms with E-state index in [1.165, 1.54) is 6.08 Å². The van der Waals surface area contributed by atoms with Crippen LogP contribution < -0.4 is 15.5 Å². The number of nitrogens with zero attached hydrogens (tertiary/aromatic N) is 6. The first kappa shape index (κ1) is 26.9. The molecule has 0 unspecified atom stereocenters. The number of allylic oxidation sites excluding steroid dienone is 2. The van der Waals surface area contributed by atoms with Gasteiger partial charge in [-0.2, -0.15) is 18.2 Å². The molecule has 13 heteroatoms. The quantitative estimate of drug-likeness (QED) is 0.391. The van der Waals surface area contributed by atoms with E-state index in [2.05, 4.69) is 40.6 Å². The molecule has 10 nitrogen and oxygen atoms in total. The van der Waals surface area contributed by atoms with Crippen molar-refractivity contribution in [3.05, 3.63) is 71.3 Å². The second-order valence-electron chi connectivity index (χ2n) is 10.3. The molecule has 1 aromatic carbocycles. The molecular weight excluding hydrogens is 537 g/mol. The molecule has 0 spiro atoms. The summed E-state index contributed by atoms with van der Waals surface area (Å²) in [7, 11) is 0. The summed E-state index contributed by atoms with van der Waals surface area (Å²) in [6, 6.07) is 9.26. The molecule has 2 aromatic heterocycles. The number of nitrogens with one attached hydrogen (secondary N) is 2. The predicted molar refractivity (Wildman–Crippen MR) is 146 cm³/mol. The van der Waals surface area contributed by atoms with Crippen molar-refractivity contribution in [2.45, 2.75) is 44.3 Å². The maximum atomic E-state index is 13.3. The smallest absolute Gasteiger partial charge is 0.408 e. The summed E-state index contributed by atoms with van der Waals surface area (Å²) in [5, 5.41) is 13.8. The molecule has 0 radical (unpaired) electrons. The Kier molecular flexibility index (Phi) is 7.43. The van der Waals surface area contributed by atoms with Gasteiger partial charge in [0.2, 0.25) is 11.8 Å². The van der Waals surface area contributed by atoms with Gasteiger partial charge >= 0.3 is 12.2 Å². The van der Waals surface area contributed by atoms with Crippen LogP contribution in [0.15, 0.2) is 64.2 Å². The minimum Gasteiger partial charge on any atom is -0.408 e. The molecule has 3 aromatic rings. The van der Waals surface area contributed by atoms with E-state index >= 15 is 0 Å². The van der Waals surface area contributed by atoms with Crippen molar-refractivity contribution < 1.29 is 22.4 Å². The third-order valence-corrected chi connectivity index (χ3v) is 7.28. The Bertz CT molecular complexity index is 1460. The first-order chi connectivity index (χ1) is 19.8. The number of amides is 1. The van der Waals surface area contributed by atoms with Gasteiger partial charge < -0.3 is 14.6 Å². The molecular formula is C28H29F3N8O2. The Morgan fingerprint density at radius 2 is 1.83 bits per heavy atom. The van der Waals surface area contributed by atoms with Gasteiger partial charge in [-0.15, -0.1) is 5.10 Å². The lowest BCUT2D eigenvalue weighted by Crippen LogP contribution is -2.46. The van der Waals surface area contributed by atoms with Gasteiger partial charge in [0, 0.05) is 61.7 Å². The SMILES string of the molecule is O=C(Nc1ccc(CN2CCN(c3nccc(Nc4nnc(C5CC5)o4)n3)CC2)cc1)C1=C(C(F)(F)F)CCC=C1. The van der Waals surface area contributed by atoms with Gasteiger partial charge in [0.15, 0.2) is 0 Å². The summed E-state index contributed by atoms with van der Waals surface area (Å²) in [6.45, 7) is 3.79. The number of hydrogen-bond acceptors (Lipinski definition) is 9. The Morgan fingerprint density at radius 1 is 1.05 bits per heavy atom. The van der Waals surface area contributed by atoms with Gasteiger partial charge in [0.05, 0.1) is 0 Å². The topological polar surface area (TPSA) is 112 Å². The standard InChI is InChI=1S/C28H29F3N8O2/c29-28(30,31)22-4-2-1-3-21(22)24(40)33-20-9-5-18(6-10-20)17-38-13-15-39(16-14-38)26-32-12-11-23(34-26)35-27-37-36-25(41-27)19-7-8-19/h1,3,5-6,9-12,19H,2,4,7-8,13-17H2,(H,33,40)(H,32,34,35,37). The Balaban J connectivity index is 1.00. The highest BCUT2D eigenvalue weighted by molar-refractivity contribution is 6.06. The number of anilines is 4. The van der Waals surface area contributed by atoms with Crippen molar-refractivity contribution in [1.29, 1.82) is 0 Å². The van der Waals surface area contributed by atoms with Crippen molar-refractivity contribution >= 4 is 29.4 Å². The van der Waals surface area contributed by atoms with Gasteiger partial charge in [0.25, 0.3) is 5.91 Å². The molecule has 2 N–H and O–H groups in total. The molecule has 3 aliphatic rings. The number of aromatic nitrogens is 4. The summed E-state index contributed by atoms with van der Waals surface area (Å²) in [5.41, 5.74) is 0.382. The zero-order valence-corrected chi connectivity index (χ0v) is 22.2. The van der Waals surface area contributed by atoms with E-state index in [-0.39, 0.29) is 18.4 Å². The third-order valence-electron chi connectivity index (χ3n) is 7.28. The van der Waals surface area contributed by atoms with Crippen LogP contribution in [0.25, 0.3) is 0 Å². The molecule has 214 valence electrons. The second kappa shape index (κ2) is 11.3. The van der Waals surface area contributed by atoms with E-state index in [4.69, 9.17) is 4.42 Å². The predicted octanol–water partition coefficient (Wildman–Crippen LogP) is 4.95. The summed E-state index contributed by atoms with van der Waals surface area (Å²) in [5.74, 6) is 1.49. The van der Waals surface area contributed by atoms with Crippen molar-refractivity contribution in [2.24, 2.45) is 0 Å². The van der Waals surface area contributed by atoms with Gasteiger partial charge in [-0.3, -0.25) is 15.0 Å². The van der Waals surface area contributed by atoms with Crippen LogP contribution in [-0.2, 0) is 11.3 Å². The second-order valence-corrected chi connectivity index (χ2v) is 10.3. The maximum Gasteiger partial charge on any atom is 0.413 e. The molecule has 41 heavy (non-hydrogen) atoms. The molecule has 1 saturated heterocycles. The molecule has 0 bridgehead atoms. The van der Waals surface area contributed by atoms with Crippen LogP contribution in [0.2, 0.25) is 0 Å². The molecule has 1 aliphatic heterocycles. The van der Waals surface area contributed by atoms with Crippen LogP contribution in [-0.4, -0.2) is 63.3 Å². The first-order valence-electron chi connectivity index (χ1n) is 13.6. The van der Waals surface area contributed by atoms with E-state index in [0.29, 0.717) is 41.8 Å². The molecule has 2 aliphatic carbocycles. The molecule has 1 saturated carbocycles. The van der Waals surface area contributed by atoms with E-state index in [1.54, 1.807) is 30.5 Å². The number of alkyl halides is 3. The summed E-state index contributed by atoms with van der Waals surface area (Å²) >= 11 is 0. The highest BCUT2D eigenvalue weighted by Crippen LogP contribution is 2.39. The summed E-state index contributed by atoms with van der Waals surface area (Å²) in [6.07, 6.45) is 2.27. The highest BCUT2D eigenvalue weighted by atomic mass is 19.4. The number of rotatable bonds is 8. The average Bonchev–Trinajstić information content (AvgIpc) is 3.72. The molecule has 1 amide bonds. The zero-order valence-electron chi connectivity index (χ0n) is 22.2. The average molecular weight is 567 g/mol. The monoisotopic (exact) mass is 566 g/mol. The van der Waals surface area contributed by atoms with Crippen LogP contribution >= 0.6 is 0 Å². The Labute approximate surface area is 234 Å². The lowest BCUT2D eigenvalue weighted by atomic mass is 9.96. The largest absolute Gasteiger partial charge is 0.413 e. The van der Waals surface area contributed by atoms with Gasteiger partial charge in [-0.05, 0) is 49.4 Å². The number of piperazine rings is 1. The Hall–Kier alpha value is -4.26. The number of carbonyl (C=O) groups excluding carboxylic acids is 1. The minimum absolute atomic E-state index is 0.190. The van der Waals surface area contributed by atoms with E-state index in [9.17, 15) is 18.0 Å². The fraction of sp³-hybridized carbons (Fsp3) is 0.393. The molecule has 2 fully saturated rings. The van der Waals surface area contributed by atoms with E-state index in [1.807, 2.05) is 12.1 Å². The third kappa shape index (κ3) is 6.56. The fourth-order valence-electron chi connectivity index (χ4n) is 4.89. The number of carbonyl (C=O) groups is 1. The van der Waals surface area contributed by atoms with Crippen LogP contribution in [0.3, 0.4) is 0 Å². The number of halogens is 3. The zero-order chi connectivity index (χ0) is 28.4.